The molecule has 0 amide bonds. The lowest BCUT2D eigenvalue weighted by atomic mass is 10.2. The Labute approximate surface area is 590 Å². The van der Waals surface area contributed by atoms with Crippen LogP contribution in [0.1, 0.15) is 26.3 Å². The van der Waals surface area contributed by atoms with Gasteiger partial charge in [-0.15, -0.1) is 3.89 Å². The summed E-state index contributed by atoms with van der Waals surface area (Å²) in [5.74, 6) is 1.01. The molecule has 0 radical (unpaired) electrons. The number of halogens is 4. The zero-order valence-electron chi connectivity index (χ0n) is 56.1. The van der Waals surface area contributed by atoms with Crippen LogP contribution in [0.3, 0.4) is 0 Å². The zero-order chi connectivity index (χ0) is 70.3. The number of nitrogens with zero attached hydrogens (tertiary/aromatic N) is 3. The van der Waals surface area contributed by atoms with Crippen LogP contribution in [0.4, 0.5) is 24.4 Å². The van der Waals surface area contributed by atoms with E-state index in [1.807, 2.05) is 61.6 Å². The van der Waals surface area contributed by atoms with Gasteiger partial charge in [0.05, 0.1) is 25.7 Å². The normalized spacial score (nSPS) is 11.2. The summed E-state index contributed by atoms with van der Waals surface area (Å²) >= 11 is 2.57. The number of anilines is 2. The van der Waals surface area contributed by atoms with E-state index >= 15 is 0 Å². The quantitative estimate of drug-likeness (QED) is 0.0173. The average Bonchev–Trinajstić information content (AvgIpc) is 0.768. The molecule has 98 heavy (non-hydrogen) atoms. The summed E-state index contributed by atoms with van der Waals surface area (Å²) in [4.78, 5) is 7.70. The molecular formula is C72H85F4N3O11PS6Si-. The molecule has 9 rings (SSSR count). The van der Waals surface area contributed by atoms with Crippen molar-refractivity contribution >= 4 is 108 Å². The van der Waals surface area contributed by atoms with Gasteiger partial charge in [-0.2, -0.15) is 25.3 Å². The van der Waals surface area contributed by atoms with Crippen LogP contribution in [0, 0.1) is 6.92 Å². The lowest BCUT2D eigenvalue weighted by Crippen LogP contribution is -3.00. The van der Waals surface area contributed by atoms with Gasteiger partial charge in [-0.25, -0.2) is 12.8 Å². The monoisotopic (exact) mass is 1490 g/mol. The second-order valence-corrected chi connectivity index (χ2v) is 38.8. The molecule has 528 valence electrons. The second-order valence-electron chi connectivity index (χ2n) is 23.0. The summed E-state index contributed by atoms with van der Waals surface area (Å²) in [5.41, 5.74) is 2.73. The van der Waals surface area contributed by atoms with Gasteiger partial charge in [-0.1, -0.05) is 189 Å². The maximum Gasteiger partial charge on any atom is 0.335 e. The highest BCUT2D eigenvalue weighted by atomic mass is 32.3. The van der Waals surface area contributed by atoms with Crippen molar-refractivity contribution in [1.29, 1.82) is 0 Å². The van der Waals surface area contributed by atoms with E-state index in [-0.39, 0.29) is 57.9 Å². The minimum absolute atomic E-state index is 0. The summed E-state index contributed by atoms with van der Waals surface area (Å²) in [6.07, 6.45) is 1.16. The summed E-state index contributed by atoms with van der Waals surface area (Å²) in [7, 11) is -11.7. The lowest BCUT2D eigenvalue weighted by Gasteiger charge is -2.36. The number of hydrogen-bond donors (Lipinski definition) is 0. The topological polar surface area (TPSA) is 183 Å². The molecular weight excluding hydrogens is 1410 g/mol. The SMILES string of the molecule is CN=P(c1ccccc1)(c1ccccc1)c1ccccc1.COc1ccc(Sc2ccc(OS(=O)(=O)CCN(CCS(C)(=O)=O)c3ccccc3)cc2)cc1.Cc1ccc(Sc2ccc(O[Si](C)(C)C(C)(C)C)cc2)cc1.F.O=S(=O)(F)CCN(CCF)c1ccccc1.O=S=O.[F-]. The number of para-hydroxylation sites is 2. The third-order valence-corrected chi connectivity index (χ3v) is 27.7. The van der Waals surface area contributed by atoms with E-state index < -0.39 is 69.5 Å². The predicted octanol–water partition coefficient (Wildman–Crippen LogP) is 12.7. The van der Waals surface area contributed by atoms with Crippen LogP contribution in [0.5, 0.6) is 17.2 Å². The fourth-order valence-corrected chi connectivity index (χ4v) is 16.8. The first-order valence-electron chi connectivity index (χ1n) is 30.4. The Balaban J connectivity index is 0.000000345. The summed E-state index contributed by atoms with van der Waals surface area (Å²) in [5, 5.41) is 4.11. The first-order valence-corrected chi connectivity index (χ1v) is 42.5. The number of methoxy groups -OCH3 is 1. The molecule has 0 unspecified atom stereocenters. The van der Waals surface area contributed by atoms with Gasteiger partial charge in [-0.05, 0) is 134 Å². The highest BCUT2D eigenvalue weighted by molar-refractivity contribution is 7.99. The van der Waals surface area contributed by atoms with E-state index in [2.05, 4.69) is 180 Å². The Morgan fingerprint density at radius 2 is 0.827 bits per heavy atom. The van der Waals surface area contributed by atoms with Crippen molar-refractivity contribution in [3.63, 3.8) is 0 Å². The molecule has 0 bridgehead atoms. The molecule has 0 fully saturated rings. The Kier molecular flexibility index (Phi) is 36.2. The van der Waals surface area contributed by atoms with Crippen molar-refractivity contribution < 1.29 is 64.7 Å². The van der Waals surface area contributed by atoms with Crippen LogP contribution in [0.15, 0.2) is 273 Å². The maximum absolute atomic E-state index is 12.6. The molecule has 9 aromatic rings. The molecule has 0 spiro atoms. The highest BCUT2D eigenvalue weighted by Gasteiger charge is 2.39. The molecule has 0 saturated heterocycles. The van der Waals surface area contributed by atoms with Crippen molar-refractivity contribution in [1.82, 2.24) is 0 Å². The van der Waals surface area contributed by atoms with Gasteiger partial charge in [0.1, 0.15) is 39.5 Å². The summed E-state index contributed by atoms with van der Waals surface area (Å²) in [6, 6.07) is 81.4. The van der Waals surface area contributed by atoms with E-state index in [1.165, 1.54) is 47.9 Å². The molecule has 0 N–H and O–H groups in total. The van der Waals surface area contributed by atoms with Crippen molar-refractivity contribution in [2.45, 2.75) is 65.4 Å². The summed E-state index contributed by atoms with van der Waals surface area (Å²) in [6.45, 7) is 13.2. The van der Waals surface area contributed by atoms with Crippen LogP contribution in [-0.4, -0.2) is 113 Å². The molecule has 0 aliphatic heterocycles. The molecule has 0 aromatic heterocycles. The molecule has 14 nitrogen and oxygen atoms in total. The van der Waals surface area contributed by atoms with Gasteiger partial charge in [0.2, 0.25) is 8.32 Å². The standard InChI is InChI=1S/C24H27NO6S3.C19H18NP.C19H26OSSi.C10H13F2NO2S.2FH.O2S/c1-30-21-8-12-23(13-9-21)32-24-14-10-22(11-15-24)31-34(28,29)19-17-25(16-18-33(2,26)27)20-6-4-3-5-7-20;1-20-21(17-11-5-2-6-12-17,18-13-7-3-8-14-18)19-15-9-4-10-16-19;1-15-7-11-17(12-8-15)21-18-13-9-16(10-14-18)20-22(5,6)19(2,3)4;11-6-7-13(8-9-16(12,14)15)10-4-2-1-3-5-10;;;1-3-2/h3-15H,16-19H2,1-2H3;2-16H,1H3;7-14H,1-6H3;1-5H,6-9H2;2*1H;/p-1. The lowest BCUT2D eigenvalue weighted by molar-refractivity contribution is -0.0000328. The van der Waals surface area contributed by atoms with Crippen molar-refractivity contribution in [2.24, 2.45) is 4.74 Å². The number of ether oxygens (including phenoxy) is 1. The maximum atomic E-state index is 12.6. The van der Waals surface area contributed by atoms with Crippen molar-refractivity contribution in [3.05, 3.63) is 254 Å². The molecule has 0 saturated carbocycles. The first kappa shape index (κ1) is 84.7. The third-order valence-electron chi connectivity index (χ3n) is 14.8. The molecule has 0 aliphatic carbocycles. The van der Waals surface area contributed by atoms with Crippen molar-refractivity contribution in [2.75, 3.05) is 80.3 Å². The minimum atomic E-state index is -4.51. The Bertz CT molecular complexity index is 4100. The number of benzene rings is 9. The largest absolute Gasteiger partial charge is 1.00 e. The molecule has 9 aromatic carbocycles. The van der Waals surface area contributed by atoms with Gasteiger partial charge in [0, 0.05) is 86.4 Å². The Morgan fingerprint density at radius 3 is 1.16 bits per heavy atom. The van der Waals surface area contributed by atoms with Gasteiger partial charge >= 0.3 is 31.9 Å². The van der Waals surface area contributed by atoms with Crippen LogP contribution < -0.4 is 43.8 Å². The number of rotatable bonds is 25. The number of aryl methyl sites for hydroxylation is 1. The molecule has 0 heterocycles. The van der Waals surface area contributed by atoms with Gasteiger partial charge in [0.15, 0.2) is 0 Å². The van der Waals surface area contributed by atoms with Gasteiger partial charge < -0.3 is 27.9 Å². The number of hydrogen-bond acceptors (Lipinski definition) is 16. The summed E-state index contributed by atoms with van der Waals surface area (Å²) < 4.78 is 132. The zero-order valence-corrected chi connectivity index (χ0v) is 62.9. The van der Waals surface area contributed by atoms with Crippen LogP contribution in [0.25, 0.3) is 0 Å². The number of sulfone groups is 1. The second kappa shape index (κ2) is 41.8. The fourth-order valence-electron chi connectivity index (χ4n) is 8.86. The molecule has 0 atom stereocenters. The van der Waals surface area contributed by atoms with E-state index in [1.54, 1.807) is 78.4 Å². The average molecular weight is 1500 g/mol. The Hall–Kier alpha value is -7.48. The molecule has 0 aliphatic rings. The van der Waals surface area contributed by atoms with Crippen molar-refractivity contribution in [3.8, 4) is 17.2 Å². The van der Waals surface area contributed by atoms with Crippen LogP contribution in [-0.2, 0) is 41.7 Å². The predicted molar refractivity (Wildman–Crippen MR) is 400 cm³/mol. The highest BCUT2D eigenvalue weighted by Crippen LogP contribution is 2.46. The van der Waals surface area contributed by atoms with Gasteiger partial charge in [-0.3, -0.25) is 9.45 Å². The molecule has 26 heteroatoms. The minimum Gasteiger partial charge on any atom is -1.00 e. The van der Waals surface area contributed by atoms with Gasteiger partial charge in [0.25, 0.3) is 0 Å². The van der Waals surface area contributed by atoms with Crippen LogP contribution in [0.2, 0.25) is 18.1 Å². The van der Waals surface area contributed by atoms with Crippen LogP contribution >= 0.6 is 30.6 Å². The Morgan fingerprint density at radius 1 is 0.500 bits per heavy atom. The first-order chi connectivity index (χ1) is 45.6. The van der Waals surface area contributed by atoms with E-state index in [0.29, 0.717) is 5.69 Å². The van der Waals surface area contributed by atoms with E-state index in [4.69, 9.17) is 26.5 Å². The smallest absolute Gasteiger partial charge is 0.335 e. The number of alkyl halides is 1. The van der Waals surface area contributed by atoms with E-state index in [9.17, 15) is 33.5 Å². The fraction of sp³-hybridized carbons (Fsp3) is 0.250. The third kappa shape index (κ3) is 29.5. The van der Waals surface area contributed by atoms with E-state index in [0.717, 1.165) is 33.2 Å².